The number of hydrogen-bond acceptors (Lipinski definition) is 8. The maximum atomic E-state index is 13.3. The molecule has 0 aliphatic carbocycles. The number of nitrogens with zero attached hydrogens (tertiary/aromatic N) is 1. The van der Waals surface area contributed by atoms with E-state index >= 15 is 0 Å². The van der Waals surface area contributed by atoms with Gasteiger partial charge in [-0.25, -0.2) is 0 Å². The second-order valence-electron chi connectivity index (χ2n) is 8.10. The summed E-state index contributed by atoms with van der Waals surface area (Å²) in [4.78, 5) is 16.8. The van der Waals surface area contributed by atoms with E-state index < -0.39 is 0 Å². The highest BCUT2D eigenvalue weighted by molar-refractivity contribution is 7.09. The molecular formula is C26H25NO6S. The molecule has 0 bridgehead atoms. The number of thiophene rings is 1. The van der Waals surface area contributed by atoms with Crippen molar-refractivity contribution >= 4 is 23.2 Å². The Bertz CT molecular complexity index is 1280. The summed E-state index contributed by atoms with van der Waals surface area (Å²) in [6, 6.07) is 9.54. The highest BCUT2D eigenvalue weighted by Gasteiger charge is 2.34. The van der Waals surface area contributed by atoms with E-state index in [2.05, 4.69) is 16.3 Å². The molecule has 1 aromatic heterocycles. The first-order valence-electron chi connectivity index (χ1n) is 10.8. The summed E-state index contributed by atoms with van der Waals surface area (Å²) in [6.07, 6.45) is 1.67. The zero-order valence-electron chi connectivity index (χ0n) is 19.5. The molecule has 0 N–H and O–H groups in total. The Morgan fingerprint density at radius 2 is 1.82 bits per heavy atom. The number of carbonyl (C=O) groups excluding carboxylic acids is 1. The van der Waals surface area contributed by atoms with Crippen LogP contribution in [-0.4, -0.2) is 38.7 Å². The minimum absolute atomic E-state index is 0.173. The molecule has 3 heterocycles. The Kier molecular flexibility index (Phi) is 5.93. The van der Waals surface area contributed by atoms with Gasteiger partial charge in [-0.1, -0.05) is 6.07 Å². The van der Waals surface area contributed by atoms with E-state index in [4.69, 9.17) is 23.7 Å². The summed E-state index contributed by atoms with van der Waals surface area (Å²) < 4.78 is 28.4. The summed E-state index contributed by atoms with van der Waals surface area (Å²) >= 11 is 1.72. The van der Waals surface area contributed by atoms with Gasteiger partial charge in [0.2, 0.25) is 5.78 Å². The van der Waals surface area contributed by atoms with Crippen LogP contribution in [0.4, 0.5) is 0 Å². The lowest BCUT2D eigenvalue weighted by atomic mass is 10.00. The van der Waals surface area contributed by atoms with E-state index in [0.717, 1.165) is 23.4 Å². The molecule has 0 spiro atoms. The van der Waals surface area contributed by atoms with Gasteiger partial charge in [-0.05, 0) is 36.6 Å². The van der Waals surface area contributed by atoms with E-state index in [0.29, 0.717) is 47.4 Å². The van der Waals surface area contributed by atoms with Crippen molar-refractivity contribution in [1.82, 2.24) is 4.90 Å². The fourth-order valence-corrected chi connectivity index (χ4v) is 5.07. The first-order valence-corrected chi connectivity index (χ1v) is 11.7. The van der Waals surface area contributed by atoms with E-state index in [9.17, 15) is 4.79 Å². The van der Waals surface area contributed by atoms with Crippen LogP contribution in [0, 0.1) is 6.92 Å². The Hall–Kier alpha value is -3.49. The van der Waals surface area contributed by atoms with Crippen LogP contribution < -0.4 is 23.7 Å². The van der Waals surface area contributed by atoms with E-state index in [1.54, 1.807) is 50.9 Å². The molecule has 0 atom stereocenters. The normalized spacial score (nSPS) is 16.0. The molecule has 2 aliphatic rings. The summed E-state index contributed by atoms with van der Waals surface area (Å²) in [6.45, 7) is 3.93. The smallest absolute Gasteiger partial charge is 0.231 e. The van der Waals surface area contributed by atoms with Crippen molar-refractivity contribution in [3.05, 3.63) is 68.6 Å². The van der Waals surface area contributed by atoms with Gasteiger partial charge >= 0.3 is 0 Å². The number of methoxy groups -OCH3 is 3. The van der Waals surface area contributed by atoms with E-state index in [1.165, 1.54) is 4.88 Å². The number of benzene rings is 2. The second kappa shape index (κ2) is 9.04. The third-order valence-electron chi connectivity index (χ3n) is 5.98. The molecule has 0 unspecified atom stereocenters. The molecule has 0 amide bonds. The van der Waals surface area contributed by atoms with Crippen LogP contribution in [0.3, 0.4) is 0 Å². The third kappa shape index (κ3) is 3.89. The SMILES string of the molecule is COc1cc(OC)c(OC)cc1/C=C1\Oc2c(cc3c(c2C)OCN(Cc2cccs2)C3)C1=O. The van der Waals surface area contributed by atoms with Crippen molar-refractivity contribution in [1.29, 1.82) is 0 Å². The molecule has 7 nitrogen and oxygen atoms in total. The predicted octanol–water partition coefficient (Wildman–Crippen LogP) is 5.05. The highest BCUT2D eigenvalue weighted by Crippen LogP contribution is 2.44. The van der Waals surface area contributed by atoms with Gasteiger partial charge < -0.3 is 23.7 Å². The molecule has 34 heavy (non-hydrogen) atoms. The topological polar surface area (TPSA) is 66.5 Å². The number of allylic oxidation sites excluding steroid dienone is 1. The molecule has 0 fully saturated rings. The van der Waals surface area contributed by atoms with Crippen molar-refractivity contribution in [3.63, 3.8) is 0 Å². The van der Waals surface area contributed by atoms with E-state index in [1.807, 2.05) is 19.1 Å². The molecule has 0 saturated heterocycles. The monoisotopic (exact) mass is 479 g/mol. The van der Waals surface area contributed by atoms with Crippen LogP contribution in [0.5, 0.6) is 28.7 Å². The fraction of sp³-hybridized carbons (Fsp3) is 0.269. The first kappa shape index (κ1) is 22.3. The lowest BCUT2D eigenvalue weighted by Crippen LogP contribution is -2.31. The maximum absolute atomic E-state index is 13.3. The number of ketones is 1. The number of hydrogen-bond donors (Lipinski definition) is 0. The van der Waals surface area contributed by atoms with Gasteiger partial charge in [-0.3, -0.25) is 9.69 Å². The van der Waals surface area contributed by atoms with Crippen molar-refractivity contribution in [2.75, 3.05) is 28.1 Å². The van der Waals surface area contributed by atoms with Gasteiger partial charge in [0.1, 0.15) is 24.0 Å². The fourth-order valence-electron chi connectivity index (χ4n) is 4.33. The maximum Gasteiger partial charge on any atom is 0.231 e. The van der Waals surface area contributed by atoms with Crippen LogP contribution in [0.15, 0.2) is 41.5 Å². The third-order valence-corrected chi connectivity index (χ3v) is 6.85. The molecule has 8 heteroatoms. The standard InChI is InChI=1S/C26H25NO6S/c1-15-25-17(12-27(14-32-25)13-18-6-5-7-34-18)8-19-24(28)23(33-26(15)19)10-16-9-21(30-3)22(31-4)11-20(16)29-2/h5-11H,12-14H2,1-4H3/b23-10-. The average Bonchev–Trinajstić information content (AvgIpc) is 3.47. The molecule has 0 saturated carbocycles. The Labute approximate surface area is 202 Å². The Morgan fingerprint density at radius 3 is 2.53 bits per heavy atom. The quantitative estimate of drug-likeness (QED) is 0.458. The van der Waals surface area contributed by atoms with Crippen LogP contribution in [0.2, 0.25) is 0 Å². The lowest BCUT2D eigenvalue weighted by molar-refractivity contribution is 0.0886. The number of carbonyl (C=O) groups is 1. The number of ether oxygens (including phenoxy) is 5. The van der Waals surface area contributed by atoms with Crippen molar-refractivity contribution in [3.8, 4) is 28.7 Å². The summed E-state index contributed by atoms with van der Waals surface area (Å²) in [7, 11) is 4.68. The Morgan fingerprint density at radius 1 is 1.06 bits per heavy atom. The lowest BCUT2D eigenvalue weighted by Gasteiger charge is -2.30. The van der Waals surface area contributed by atoms with Crippen molar-refractivity contribution < 1.29 is 28.5 Å². The van der Waals surface area contributed by atoms with Crippen molar-refractivity contribution in [2.45, 2.75) is 20.0 Å². The van der Waals surface area contributed by atoms with Crippen LogP contribution in [0.1, 0.15) is 31.9 Å². The molecule has 176 valence electrons. The average molecular weight is 480 g/mol. The summed E-state index contributed by atoms with van der Waals surface area (Å²) in [5.41, 5.74) is 3.01. The first-order chi connectivity index (χ1) is 16.5. The molecule has 2 aromatic carbocycles. The second-order valence-corrected chi connectivity index (χ2v) is 9.13. The molecule has 0 radical (unpaired) electrons. The van der Waals surface area contributed by atoms with Gasteiger partial charge in [0.15, 0.2) is 17.3 Å². The van der Waals surface area contributed by atoms with Crippen LogP contribution in [0.25, 0.3) is 6.08 Å². The van der Waals surface area contributed by atoms with Crippen molar-refractivity contribution in [2.24, 2.45) is 0 Å². The number of rotatable bonds is 6. The zero-order chi connectivity index (χ0) is 23.8. The van der Waals surface area contributed by atoms with Crippen LogP contribution >= 0.6 is 11.3 Å². The summed E-state index contributed by atoms with van der Waals surface area (Å²) in [5.74, 6) is 3.00. The number of fused-ring (bicyclic) bond motifs is 2. The minimum atomic E-state index is -0.173. The van der Waals surface area contributed by atoms with Gasteiger partial charge in [0.05, 0.1) is 26.9 Å². The van der Waals surface area contributed by atoms with Gasteiger partial charge in [-0.2, -0.15) is 0 Å². The minimum Gasteiger partial charge on any atom is -0.496 e. The van der Waals surface area contributed by atoms with E-state index in [-0.39, 0.29) is 11.5 Å². The Balaban J connectivity index is 1.47. The molecular weight excluding hydrogens is 454 g/mol. The number of Topliss-reactive ketones (excluding diaryl/α,β-unsaturated/α-hetero) is 1. The van der Waals surface area contributed by atoms with Gasteiger partial charge in [0.25, 0.3) is 0 Å². The largest absolute Gasteiger partial charge is 0.496 e. The molecule has 2 aliphatic heterocycles. The van der Waals surface area contributed by atoms with Crippen LogP contribution in [-0.2, 0) is 13.1 Å². The van der Waals surface area contributed by atoms with Gasteiger partial charge in [-0.15, -0.1) is 11.3 Å². The summed E-state index contributed by atoms with van der Waals surface area (Å²) in [5, 5.41) is 2.07. The molecule has 3 aromatic rings. The highest BCUT2D eigenvalue weighted by atomic mass is 32.1. The molecule has 5 rings (SSSR count). The zero-order valence-corrected chi connectivity index (χ0v) is 20.3. The predicted molar refractivity (Wildman–Crippen MR) is 129 cm³/mol. The van der Waals surface area contributed by atoms with Gasteiger partial charge in [0, 0.05) is 40.7 Å².